The molecule has 0 radical (unpaired) electrons. The number of aliphatic carboxylic acids is 1. The highest BCUT2D eigenvalue weighted by molar-refractivity contribution is 6.02. The summed E-state index contributed by atoms with van der Waals surface area (Å²) in [6.07, 6.45) is 0.215. The van der Waals surface area contributed by atoms with Crippen molar-refractivity contribution < 1.29 is 19.5 Å². The van der Waals surface area contributed by atoms with E-state index in [2.05, 4.69) is 0 Å². The van der Waals surface area contributed by atoms with Gasteiger partial charge in [-0.2, -0.15) is 5.26 Å². The van der Waals surface area contributed by atoms with E-state index in [0.717, 1.165) is 4.90 Å². The molecule has 1 N–H and O–H groups in total. The highest BCUT2D eigenvalue weighted by Gasteiger charge is 2.32. The van der Waals surface area contributed by atoms with Gasteiger partial charge in [-0.15, -0.1) is 0 Å². The number of rotatable bonds is 3. The molecule has 0 aromatic rings. The number of hydrogen-bond donors (Lipinski definition) is 1. The second-order valence-corrected chi connectivity index (χ2v) is 2.92. The van der Waals surface area contributed by atoms with Crippen LogP contribution in [-0.2, 0) is 14.4 Å². The first-order valence-electron chi connectivity index (χ1n) is 4.02. The average Bonchev–Trinajstić information content (AvgIpc) is 2.43. The first-order chi connectivity index (χ1) is 6.56. The molecule has 1 unspecified atom stereocenters. The molecule has 1 aliphatic rings. The average molecular weight is 196 g/mol. The van der Waals surface area contributed by atoms with Gasteiger partial charge in [-0.1, -0.05) is 0 Å². The van der Waals surface area contributed by atoms with Crippen LogP contribution < -0.4 is 0 Å². The van der Waals surface area contributed by atoms with Gasteiger partial charge in [-0.25, -0.2) is 0 Å². The minimum Gasteiger partial charge on any atom is -0.480 e. The lowest BCUT2D eigenvalue weighted by Crippen LogP contribution is -2.36. The van der Waals surface area contributed by atoms with Crippen molar-refractivity contribution in [2.75, 3.05) is 6.54 Å². The molecule has 0 saturated carbocycles. The van der Waals surface area contributed by atoms with Crippen LogP contribution in [0.5, 0.6) is 0 Å². The molecule has 74 valence electrons. The summed E-state index contributed by atoms with van der Waals surface area (Å²) in [6, 6.07) is 1.52. The Hall–Kier alpha value is -1.90. The monoisotopic (exact) mass is 196 g/mol. The topological polar surface area (TPSA) is 98.5 Å². The van der Waals surface area contributed by atoms with Crippen molar-refractivity contribution in [3.8, 4) is 6.07 Å². The van der Waals surface area contributed by atoms with Crippen LogP contribution in [0.1, 0.15) is 12.8 Å². The van der Waals surface area contributed by atoms with E-state index in [1.165, 1.54) is 6.07 Å². The number of hydrogen-bond acceptors (Lipinski definition) is 4. The highest BCUT2D eigenvalue weighted by Crippen LogP contribution is 2.13. The van der Waals surface area contributed by atoms with Gasteiger partial charge in [-0.05, 0) is 0 Å². The third kappa shape index (κ3) is 1.88. The number of nitrogens with zero attached hydrogens (tertiary/aromatic N) is 2. The molecule has 0 aromatic heterocycles. The van der Waals surface area contributed by atoms with Gasteiger partial charge in [0.1, 0.15) is 0 Å². The van der Waals surface area contributed by atoms with Crippen LogP contribution >= 0.6 is 0 Å². The SMILES string of the molecule is N#CC(CN1C(=O)CCC1=O)C(=O)O. The van der Waals surface area contributed by atoms with Gasteiger partial charge in [0.05, 0.1) is 12.6 Å². The Morgan fingerprint density at radius 1 is 1.50 bits per heavy atom. The molecule has 6 nitrogen and oxygen atoms in total. The molecule has 0 spiro atoms. The van der Waals surface area contributed by atoms with Gasteiger partial charge < -0.3 is 5.11 Å². The van der Waals surface area contributed by atoms with E-state index in [1.807, 2.05) is 0 Å². The fourth-order valence-electron chi connectivity index (χ4n) is 1.18. The summed E-state index contributed by atoms with van der Waals surface area (Å²) in [5.41, 5.74) is 0. The summed E-state index contributed by atoms with van der Waals surface area (Å²) in [4.78, 5) is 33.4. The number of amides is 2. The zero-order valence-electron chi connectivity index (χ0n) is 7.27. The van der Waals surface area contributed by atoms with Crippen LogP contribution in [0.4, 0.5) is 0 Å². The standard InChI is InChI=1S/C8H8N2O4/c9-3-5(8(13)14)4-10-6(11)1-2-7(10)12/h5H,1-2,4H2,(H,13,14). The Labute approximate surface area is 79.7 Å². The Bertz CT molecular complexity index is 315. The largest absolute Gasteiger partial charge is 0.480 e. The Balaban J connectivity index is 2.68. The quantitative estimate of drug-likeness (QED) is 0.605. The van der Waals surface area contributed by atoms with Gasteiger partial charge in [0.25, 0.3) is 0 Å². The van der Waals surface area contributed by atoms with Crippen molar-refractivity contribution in [3.05, 3.63) is 0 Å². The summed E-state index contributed by atoms with van der Waals surface area (Å²) in [5, 5.41) is 17.0. The number of carboxylic acid groups (broad SMARTS) is 1. The van der Waals surface area contributed by atoms with Crippen LogP contribution in [0.15, 0.2) is 0 Å². The van der Waals surface area contributed by atoms with E-state index in [9.17, 15) is 14.4 Å². The Kier molecular flexibility index (Phi) is 2.82. The lowest BCUT2D eigenvalue weighted by Gasteiger charge is -2.14. The number of carbonyl (C=O) groups excluding carboxylic acids is 2. The fraction of sp³-hybridized carbons (Fsp3) is 0.500. The van der Waals surface area contributed by atoms with Crippen molar-refractivity contribution >= 4 is 17.8 Å². The summed E-state index contributed by atoms with van der Waals surface area (Å²) in [7, 11) is 0. The van der Waals surface area contributed by atoms with E-state index >= 15 is 0 Å². The lowest BCUT2D eigenvalue weighted by atomic mass is 10.1. The smallest absolute Gasteiger partial charge is 0.322 e. The summed E-state index contributed by atoms with van der Waals surface area (Å²) < 4.78 is 0. The molecule has 0 bridgehead atoms. The van der Waals surface area contributed by atoms with E-state index in [-0.39, 0.29) is 19.4 Å². The molecule has 1 atom stereocenters. The summed E-state index contributed by atoms with van der Waals surface area (Å²) in [5.74, 6) is -3.46. The second kappa shape index (κ2) is 3.87. The first kappa shape index (κ1) is 10.2. The zero-order valence-corrected chi connectivity index (χ0v) is 7.27. The molecule has 1 rings (SSSR count). The van der Waals surface area contributed by atoms with Crippen LogP contribution in [0.3, 0.4) is 0 Å². The predicted molar refractivity (Wildman–Crippen MR) is 42.7 cm³/mol. The van der Waals surface area contributed by atoms with Crippen LogP contribution in [0.25, 0.3) is 0 Å². The van der Waals surface area contributed by atoms with Crippen LogP contribution in [0.2, 0.25) is 0 Å². The normalized spacial score (nSPS) is 18.1. The molecule has 1 saturated heterocycles. The lowest BCUT2D eigenvalue weighted by molar-refractivity contribution is -0.143. The van der Waals surface area contributed by atoms with Gasteiger partial charge in [0.2, 0.25) is 11.8 Å². The third-order valence-electron chi connectivity index (χ3n) is 1.97. The maximum Gasteiger partial charge on any atom is 0.322 e. The molecule has 2 amide bonds. The molecule has 0 aromatic carbocycles. The molecule has 0 aliphatic carbocycles. The molecular formula is C8H8N2O4. The summed E-state index contributed by atoms with van der Waals surface area (Å²) in [6.45, 7) is -0.344. The van der Waals surface area contributed by atoms with E-state index in [4.69, 9.17) is 10.4 Å². The van der Waals surface area contributed by atoms with Crippen molar-refractivity contribution in [2.45, 2.75) is 12.8 Å². The van der Waals surface area contributed by atoms with Crippen molar-refractivity contribution in [2.24, 2.45) is 5.92 Å². The zero-order chi connectivity index (χ0) is 10.7. The highest BCUT2D eigenvalue weighted by atomic mass is 16.4. The minimum atomic E-state index is -1.33. The number of carbonyl (C=O) groups is 3. The number of imide groups is 1. The van der Waals surface area contributed by atoms with E-state index in [1.54, 1.807) is 0 Å². The van der Waals surface area contributed by atoms with Crippen molar-refractivity contribution in [3.63, 3.8) is 0 Å². The van der Waals surface area contributed by atoms with Gasteiger partial charge in [0, 0.05) is 12.8 Å². The molecule has 1 heterocycles. The Morgan fingerprint density at radius 2 is 2.00 bits per heavy atom. The van der Waals surface area contributed by atoms with Crippen molar-refractivity contribution in [1.82, 2.24) is 4.90 Å². The van der Waals surface area contributed by atoms with Gasteiger partial charge in [0.15, 0.2) is 5.92 Å². The van der Waals surface area contributed by atoms with E-state index in [0.29, 0.717) is 0 Å². The fourth-order valence-corrected chi connectivity index (χ4v) is 1.18. The molecule has 14 heavy (non-hydrogen) atoms. The molecular weight excluding hydrogens is 188 g/mol. The van der Waals surface area contributed by atoms with E-state index < -0.39 is 23.7 Å². The first-order valence-corrected chi connectivity index (χ1v) is 4.02. The minimum absolute atomic E-state index is 0.108. The molecule has 1 aliphatic heterocycles. The second-order valence-electron chi connectivity index (χ2n) is 2.92. The predicted octanol–water partition coefficient (Wildman–Crippen LogP) is -0.640. The Morgan fingerprint density at radius 3 is 2.36 bits per heavy atom. The number of carboxylic acids is 1. The van der Waals surface area contributed by atoms with Gasteiger partial charge >= 0.3 is 5.97 Å². The van der Waals surface area contributed by atoms with Crippen molar-refractivity contribution in [1.29, 1.82) is 5.26 Å². The van der Waals surface area contributed by atoms with Gasteiger partial charge in [-0.3, -0.25) is 19.3 Å². The molecule has 1 fully saturated rings. The number of likely N-dealkylation sites (tertiary alicyclic amines) is 1. The van der Waals surface area contributed by atoms with Crippen LogP contribution in [0, 0.1) is 17.2 Å². The maximum atomic E-state index is 11.1. The van der Waals surface area contributed by atoms with Crippen LogP contribution in [-0.4, -0.2) is 34.3 Å². The molecule has 6 heteroatoms. The number of nitriles is 1. The summed E-state index contributed by atoms with van der Waals surface area (Å²) >= 11 is 0. The third-order valence-corrected chi connectivity index (χ3v) is 1.97. The maximum absolute atomic E-state index is 11.1.